The van der Waals surface area contributed by atoms with E-state index in [1.807, 2.05) is 18.2 Å². The Bertz CT molecular complexity index is 917. The number of hydrogen-bond donors (Lipinski definition) is 0. The lowest BCUT2D eigenvalue weighted by Crippen LogP contribution is -2.52. The van der Waals surface area contributed by atoms with Crippen LogP contribution in [-0.4, -0.2) is 61.9 Å². The van der Waals surface area contributed by atoms with Crippen LogP contribution in [0, 0.1) is 0 Å². The summed E-state index contributed by atoms with van der Waals surface area (Å²) < 4.78 is 2.13. The quantitative estimate of drug-likeness (QED) is 0.633. The van der Waals surface area contributed by atoms with E-state index in [0.717, 1.165) is 59.3 Å². The van der Waals surface area contributed by atoms with Crippen LogP contribution < -0.4 is 4.90 Å². The van der Waals surface area contributed by atoms with Crippen LogP contribution in [0.25, 0.3) is 21.2 Å². The lowest BCUT2D eigenvalue weighted by Gasteiger charge is -2.43. The zero-order chi connectivity index (χ0) is 18.2. The Hall–Kier alpha value is -2.32. The minimum atomic E-state index is 0.670. The van der Waals surface area contributed by atoms with Gasteiger partial charge in [-0.3, -0.25) is 9.47 Å². The van der Waals surface area contributed by atoms with Crippen LogP contribution in [0.3, 0.4) is 0 Å². The van der Waals surface area contributed by atoms with Gasteiger partial charge < -0.3 is 4.90 Å². The van der Waals surface area contributed by atoms with Crippen LogP contribution in [0.1, 0.15) is 19.3 Å². The minimum Gasteiger partial charge on any atom is -0.338 e. The predicted octanol–water partition coefficient (Wildman–Crippen LogP) is 2.81. The molecule has 8 heteroatoms. The third-order valence-electron chi connectivity index (χ3n) is 5.59. The van der Waals surface area contributed by atoms with E-state index in [9.17, 15) is 0 Å². The number of pyridine rings is 1. The molecular formula is C19H23N7S. The van der Waals surface area contributed by atoms with E-state index in [-0.39, 0.29) is 0 Å². The fraction of sp³-hybridized carbons (Fsp3) is 0.474. The fourth-order valence-corrected chi connectivity index (χ4v) is 4.79. The average molecular weight is 382 g/mol. The van der Waals surface area contributed by atoms with Gasteiger partial charge in [-0.2, -0.15) is 0 Å². The van der Waals surface area contributed by atoms with Crippen LogP contribution in [0.2, 0.25) is 0 Å². The number of fused-ring (bicyclic) bond motifs is 1. The smallest absolute Gasteiger partial charge is 0.227 e. The molecule has 0 N–H and O–H groups in total. The van der Waals surface area contributed by atoms with E-state index in [0.29, 0.717) is 6.54 Å². The van der Waals surface area contributed by atoms with Gasteiger partial charge in [-0.15, -0.1) is 16.8 Å². The van der Waals surface area contributed by atoms with Crippen LogP contribution in [0.4, 0.5) is 5.95 Å². The summed E-state index contributed by atoms with van der Waals surface area (Å²) in [5, 5.41) is 9.87. The zero-order valence-corrected chi connectivity index (χ0v) is 16.1. The Kier molecular flexibility index (Phi) is 4.37. The Morgan fingerprint density at radius 2 is 2.04 bits per heavy atom. The second-order valence-electron chi connectivity index (χ2n) is 7.18. The van der Waals surface area contributed by atoms with Crippen LogP contribution in [-0.2, 0) is 6.54 Å². The normalized spacial score (nSPS) is 18.7. The SMILES string of the molecule is C=CCn1c(-c2nc3cccnc3s2)nnc1N1CCN(C2CCC2)CC1. The molecule has 0 atom stereocenters. The van der Waals surface area contributed by atoms with Gasteiger partial charge in [-0.1, -0.05) is 23.8 Å². The third kappa shape index (κ3) is 3.02. The number of allylic oxidation sites excluding steroid dienone is 1. The van der Waals surface area contributed by atoms with Crippen molar-refractivity contribution in [3.05, 3.63) is 31.0 Å². The molecule has 4 heterocycles. The number of nitrogens with zero attached hydrogens (tertiary/aromatic N) is 7. The van der Waals surface area contributed by atoms with Gasteiger partial charge in [0.05, 0.1) is 0 Å². The first-order chi connectivity index (χ1) is 13.3. The van der Waals surface area contributed by atoms with E-state index in [1.54, 1.807) is 17.5 Å². The molecule has 3 aromatic rings. The van der Waals surface area contributed by atoms with Gasteiger partial charge in [0.1, 0.15) is 10.3 Å². The summed E-state index contributed by atoms with van der Waals surface area (Å²) >= 11 is 1.56. The lowest BCUT2D eigenvalue weighted by atomic mass is 9.91. The molecule has 1 aliphatic heterocycles. The maximum absolute atomic E-state index is 4.71. The molecule has 2 aliphatic rings. The molecule has 0 radical (unpaired) electrons. The van der Waals surface area contributed by atoms with Crippen LogP contribution >= 0.6 is 11.3 Å². The number of aromatic nitrogens is 5. The van der Waals surface area contributed by atoms with E-state index < -0.39 is 0 Å². The zero-order valence-electron chi connectivity index (χ0n) is 15.3. The van der Waals surface area contributed by atoms with Crippen molar-refractivity contribution in [1.29, 1.82) is 0 Å². The van der Waals surface area contributed by atoms with Crippen LogP contribution in [0.5, 0.6) is 0 Å². The van der Waals surface area contributed by atoms with Gasteiger partial charge in [0.2, 0.25) is 5.95 Å². The Labute approximate surface area is 162 Å². The van der Waals surface area contributed by atoms with Crippen molar-refractivity contribution < 1.29 is 0 Å². The molecule has 0 bridgehead atoms. The molecule has 140 valence electrons. The molecule has 27 heavy (non-hydrogen) atoms. The highest BCUT2D eigenvalue weighted by molar-refractivity contribution is 7.21. The summed E-state index contributed by atoms with van der Waals surface area (Å²) in [5.74, 6) is 1.72. The first-order valence-electron chi connectivity index (χ1n) is 9.58. The van der Waals surface area contributed by atoms with Crippen molar-refractivity contribution in [2.45, 2.75) is 31.8 Å². The summed E-state index contributed by atoms with van der Waals surface area (Å²) in [7, 11) is 0. The molecular weight excluding hydrogens is 358 g/mol. The Morgan fingerprint density at radius 3 is 2.74 bits per heavy atom. The number of thiazole rings is 1. The van der Waals surface area contributed by atoms with Crippen molar-refractivity contribution in [3.63, 3.8) is 0 Å². The monoisotopic (exact) mass is 381 g/mol. The highest BCUT2D eigenvalue weighted by Gasteiger charge is 2.30. The summed E-state index contributed by atoms with van der Waals surface area (Å²) in [4.78, 5) is 15.0. The van der Waals surface area contributed by atoms with Crippen LogP contribution in [0.15, 0.2) is 31.0 Å². The summed E-state index contributed by atoms with van der Waals surface area (Å²) in [5.41, 5.74) is 0.904. The van der Waals surface area contributed by atoms with E-state index in [1.165, 1.54) is 19.3 Å². The summed E-state index contributed by atoms with van der Waals surface area (Å²) in [6, 6.07) is 4.70. The molecule has 1 saturated heterocycles. The molecule has 2 fully saturated rings. The van der Waals surface area contributed by atoms with Crippen molar-refractivity contribution >= 4 is 27.6 Å². The molecule has 5 rings (SSSR count). The van der Waals surface area contributed by atoms with Crippen molar-refractivity contribution in [3.8, 4) is 10.8 Å². The van der Waals surface area contributed by atoms with Crippen molar-refractivity contribution in [2.75, 3.05) is 31.1 Å². The van der Waals surface area contributed by atoms with E-state index in [2.05, 4.69) is 36.1 Å². The number of hydrogen-bond acceptors (Lipinski definition) is 7. The average Bonchev–Trinajstić information content (AvgIpc) is 3.25. The fourth-order valence-electron chi connectivity index (χ4n) is 3.89. The molecule has 1 saturated carbocycles. The topological polar surface area (TPSA) is 63.0 Å². The standard InChI is InChI=1S/C19H23N7S/c1-2-9-26-16(18-21-15-7-4-8-20-17(15)27-18)22-23-19(26)25-12-10-24(11-13-25)14-5-3-6-14/h2,4,7-8,14H,1,3,5-6,9-13H2. The highest BCUT2D eigenvalue weighted by atomic mass is 32.1. The highest BCUT2D eigenvalue weighted by Crippen LogP contribution is 2.31. The van der Waals surface area contributed by atoms with E-state index in [4.69, 9.17) is 4.98 Å². The van der Waals surface area contributed by atoms with Crippen molar-refractivity contribution in [1.82, 2.24) is 29.6 Å². The summed E-state index contributed by atoms with van der Waals surface area (Å²) in [6.45, 7) is 8.78. The predicted molar refractivity (Wildman–Crippen MR) is 108 cm³/mol. The second kappa shape index (κ2) is 7.01. The third-order valence-corrected chi connectivity index (χ3v) is 6.56. The van der Waals surface area contributed by atoms with Gasteiger partial charge >= 0.3 is 0 Å². The van der Waals surface area contributed by atoms with Crippen molar-refractivity contribution in [2.24, 2.45) is 0 Å². The maximum Gasteiger partial charge on any atom is 0.227 e. The van der Waals surface area contributed by atoms with Gasteiger partial charge in [-0.25, -0.2) is 9.97 Å². The molecule has 1 aliphatic carbocycles. The number of piperazine rings is 1. The lowest BCUT2D eigenvalue weighted by molar-refractivity contribution is 0.120. The van der Waals surface area contributed by atoms with Gasteiger partial charge in [0, 0.05) is 45.0 Å². The molecule has 7 nitrogen and oxygen atoms in total. The molecule has 3 aromatic heterocycles. The second-order valence-corrected chi connectivity index (χ2v) is 8.15. The molecule has 0 amide bonds. The van der Waals surface area contributed by atoms with Gasteiger partial charge in [0.25, 0.3) is 0 Å². The first-order valence-corrected chi connectivity index (χ1v) is 10.4. The molecule has 0 spiro atoms. The number of rotatable bonds is 5. The molecule has 0 unspecified atom stereocenters. The number of anilines is 1. The largest absolute Gasteiger partial charge is 0.338 e. The van der Waals surface area contributed by atoms with Gasteiger partial charge in [0.15, 0.2) is 10.8 Å². The Balaban J connectivity index is 1.42. The summed E-state index contributed by atoms with van der Waals surface area (Å²) in [6.07, 6.45) is 7.81. The minimum absolute atomic E-state index is 0.670. The maximum atomic E-state index is 4.71. The van der Waals surface area contributed by atoms with E-state index >= 15 is 0 Å². The Morgan fingerprint density at radius 1 is 1.19 bits per heavy atom. The first kappa shape index (κ1) is 16.8. The van der Waals surface area contributed by atoms with Gasteiger partial charge in [-0.05, 0) is 25.0 Å². The molecule has 0 aromatic carbocycles.